The Morgan fingerprint density at radius 2 is 1.97 bits per heavy atom. The Hall–Kier alpha value is -2.72. The van der Waals surface area contributed by atoms with Gasteiger partial charge in [-0.05, 0) is 49.7 Å². The third-order valence-corrected chi connectivity index (χ3v) is 6.27. The predicted molar refractivity (Wildman–Crippen MR) is 121 cm³/mol. The highest BCUT2D eigenvalue weighted by Gasteiger charge is 2.16. The van der Waals surface area contributed by atoms with E-state index in [0.29, 0.717) is 17.5 Å². The Kier molecular flexibility index (Phi) is 7.80. The number of nitrogens with one attached hydrogen (secondary N) is 2. The van der Waals surface area contributed by atoms with Crippen molar-refractivity contribution in [2.24, 2.45) is 0 Å². The fourth-order valence-corrected chi connectivity index (χ4v) is 3.89. The van der Waals surface area contributed by atoms with Crippen LogP contribution in [-0.4, -0.2) is 32.3 Å². The standard InChI is InChI=1S/C21H21BrFN5O2S/c1-3-28-18(11-24-20(30)15-6-4-5-7-17(15)23)26-27-21(28)31-12-19(29)25-14-8-9-16(22)13(2)10-14/h4-10H,3,11-12H2,1-2H3,(H,24,30)(H,25,29). The molecule has 3 rings (SSSR count). The Labute approximate surface area is 192 Å². The molecule has 1 aromatic heterocycles. The number of aromatic nitrogens is 3. The second-order valence-electron chi connectivity index (χ2n) is 6.61. The Bertz CT molecular complexity index is 1110. The summed E-state index contributed by atoms with van der Waals surface area (Å²) in [6.07, 6.45) is 0. The topological polar surface area (TPSA) is 88.9 Å². The summed E-state index contributed by atoms with van der Waals surface area (Å²) >= 11 is 4.69. The van der Waals surface area contributed by atoms with E-state index in [1.165, 1.54) is 30.0 Å². The number of benzene rings is 2. The Morgan fingerprint density at radius 1 is 1.19 bits per heavy atom. The highest BCUT2D eigenvalue weighted by molar-refractivity contribution is 9.10. The zero-order valence-corrected chi connectivity index (χ0v) is 19.4. The summed E-state index contributed by atoms with van der Waals surface area (Å²) < 4.78 is 16.5. The van der Waals surface area contributed by atoms with E-state index in [1.54, 1.807) is 6.07 Å². The van der Waals surface area contributed by atoms with Gasteiger partial charge in [0.25, 0.3) is 5.91 Å². The Morgan fingerprint density at radius 3 is 2.68 bits per heavy atom. The normalized spacial score (nSPS) is 10.7. The largest absolute Gasteiger partial charge is 0.345 e. The minimum Gasteiger partial charge on any atom is -0.345 e. The van der Waals surface area contributed by atoms with E-state index < -0.39 is 11.7 Å². The van der Waals surface area contributed by atoms with E-state index >= 15 is 0 Å². The lowest BCUT2D eigenvalue weighted by molar-refractivity contribution is -0.113. The minimum atomic E-state index is -0.583. The number of rotatable bonds is 8. The molecular weight excluding hydrogens is 485 g/mol. The molecule has 2 aromatic carbocycles. The molecular formula is C21H21BrFN5O2S. The van der Waals surface area contributed by atoms with Gasteiger partial charge in [-0.15, -0.1) is 10.2 Å². The number of nitrogens with zero attached hydrogens (tertiary/aromatic N) is 3. The lowest BCUT2D eigenvalue weighted by Crippen LogP contribution is -2.25. The monoisotopic (exact) mass is 505 g/mol. The van der Waals surface area contributed by atoms with Gasteiger partial charge in [-0.2, -0.15) is 0 Å². The molecule has 2 N–H and O–H groups in total. The number of amides is 2. The van der Waals surface area contributed by atoms with Crippen molar-refractivity contribution >= 4 is 45.2 Å². The van der Waals surface area contributed by atoms with Gasteiger partial charge < -0.3 is 15.2 Å². The van der Waals surface area contributed by atoms with Gasteiger partial charge >= 0.3 is 0 Å². The summed E-state index contributed by atoms with van der Waals surface area (Å²) in [6, 6.07) is 11.4. The highest BCUT2D eigenvalue weighted by Crippen LogP contribution is 2.21. The molecule has 0 atom stereocenters. The SMILES string of the molecule is CCn1c(CNC(=O)c2ccccc2F)nnc1SCC(=O)Nc1ccc(Br)c(C)c1. The van der Waals surface area contributed by atoms with Gasteiger partial charge in [-0.3, -0.25) is 9.59 Å². The summed E-state index contributed by atoms with van der Waals surface area (Å²) in [6.45, 7) is 4.53. The molecule has 31 heavy (non-hydrogen) atoms. The Balaban J connectivity index is 1.58. The number of halogens is 2. The van der Waals surface area contributed by atoms with Crippen LogP contribution >= 0.6 is 27.7 Å². The molecule has 1 heterocycles. The maximum atomic E-state index is 13.8. The number of hydrogen-bond acceptors (Lipinski definition) is 5. The fraction of sp³-hybridized carbons (Fsp3) is 0.238. The molecule has 0 aliphatic rings. The van der Waals surface area contributed by atoms with E-state index in [1.807, 2.05) is 36.6 Å². The quantitative estimate of drug-likeness (QED) is 0.448. The zero-order valence-electron chi connectivity index (χ0n) is 17.0. The van der Waals surface area contributed by atoms with Crippen LogP contribution in [0.3, 0.4) is 0 Å². The molecule has 0 radical (unpaired) electrons. The van der Waals surface area contributed by atoms with Crippen molar-refractivity contribution in [2.45, 2.75) is 32.1 Å². The van der Waals surface area contributed by atoms with Crippen LogP contribution in [0.2, 0.25) is 0 Å². The third-order valence-electron chi connectivity index (χ3n) is 4.41. The molecule has 0 unspecified atom stereocenters. The molecule has 7 nitrogen and oxygen atoms in total. The summed E-state index contributed by atoms with van der Waals surface area (Å²) in [5.41, 5.74) is 1.72. The van der Waals surface area contributed by atoms with Crippen molar-refractivity contribution in [3.8, 4) is 0 Å². The summed E-state index contributed by atoms with van der Waals surface area (Å²) in [7, 11) is 0. The van der Waals surface area contributed by atoms with E-state index in [4.69, 9.17) is 0 Å². The molecule has 10 heteroatoms. The number of thioether (sulfide) groups is 1. The van der Waals surface area contributed by atoms with Crippen LogP contribution in [0.25, 0.3) is 0 Å². The summed E-state index contributed by atoms with van der Waals surface area (Å²) in [5, 5.41) is 14.3. The van der Waals surface area contributed by atoms with Crippen LogP contribution in [0.5, 0.6) is 0 Å². The maximum absolute atomic E-state index is 13.8. The van der Waals surface area contributed by atoms with Crippen molar-refractivity contribution in [1.29, 1.82) is 0 Å². The first-order valence-electron chi connectivity index (χ1n) is 9.52. The minimum absolute atomic E-state index is 0.0282. The van der Waals surface area contributed by atoms with Gasteiger partial charge in [0, 0.05) is 16.7 Å². The van der Waals surface area contributed by atoms with Crippen LogP contribution in [-0.2, 0) is 17.9 Å². The molecule has 2 amide bonds. The second kappa shape index (κ2) is 10.5. The van der Waals surface area contributed by atoms with Gasteiger partial charge in [0.15, 0.2) is 11.0 Å². The van der Waals surface area contributed by atoms with Crippen molar-refractivity contribution in [1.82, 2.24) is 20.1 Å². The van der Waals surface area contributed by atoms with E-state index in [9.17, 15) is 14.0 Å². The molecule has 0 bridgehead atoms. The summed E-state index contributed by atoms with van der Waals surface area (Å²) in [4.78, 5) is 24.5. The van der Waals surface area contributed by atoms with E-state index in [2.05, 4.69) is 36.8 Å². The first-order chi connectivity index (χ1) is 14.9. The van der Waals surface area contributed by atoms with Crippen LogP contribution in [0.4, 0.5) is 10.1 Å². The summed E-state index contributed by atoms with van der Waals surface area (Å²) in [5.74, 6) is -0.581. The van der Waals surface area contributed by atoms with Gasteiger partial charge in [0.2, 0.25) is 5.91 Å². The predicted octanol–water partition coefficient (Wildman–Crippen LogP) is 4.17. The second-order valence-corrected chi connectivity index (χ2v) is 8.40. The van der Waals surface area contributed by atoms with Crippen molar-refractivity contribution < 1.29 is 14.0 Å². The van der Waals surface area contributed by atoms with Gasteiger partial charge in [-0.1, -0.05) is 39.8 Å². The van der Waals surface area contributed by atoms with Crippen molar-refractivity contribution in [2.75, 3.05) is 11.1 Å². The first kappa shape index (κ1) is 23.0. The maximum Gasteiger partial charge on any atom is 0.254 e. The van der Waals surface area contributed by atoms with Crippen LogP contribution < -0.4 is 10.6 Å². The molecule has 0 saturated carbocycles. The highest BCUT2D eigenvalue weighted by atomic mass is 79.9. The molecule has 0 aliphatic heterocycles. The van der Waals surface area contributed by atoms with E-state index in [-0.39, 0.29) is 23.8 Å². The van der Waals surface area contributed by atoms with Crippen molar-refractivity contribution in [3.05, 3.63) is 69.7 Å². The number of hydrogen-bond donors (Lipinski definition) is 2. The molecule has 162 valence electrons. The molecule has 0 aliphatic carbocycles. The smallest absolute Gasteiger partial charge is 0.254 e. The van der Waals surface area contributed by atoms with Crippen LogP contribution in [0.15, 0.2) is 52.1 Å². The zero-order chi connectivity index (χ0) is 22.4. The van der Waals surface area contributed by atoms with Gasteiger partial charge in [0.1, 0.15) is 5.82 Å². The average Bonchev–Trinajstić information content (AvgIpc) is 3.15. The fourth-order valence-electron chi connectivity index (χ4n) is 2.82. The molecule has 3 aromatic rings. The van der Waals surface area contributed by atoms with Crippen LogP contribution in [0.1, 0.15) is 28.7 Å². The lowest BCUT2D eigenvalue weighted by atomic mass is 10.2. The van der Waals surface area contributed by atoms with Gasteiger partial charge in [-0.25, -0.2) is 4.39 Å². The van der Waals surface area contributed by atoms with Gasteiger partial charge in [0.05, 0.1) is 17.9 Å². The average molecular weight is 506 g/mol. The molecule has 0 spiro atoms. The van der Waals surface area contributed by atoms with Crippen molar-refractivity contribution in [3.63, 3.8) is 0 Å². The lowest BCUT2D eigenvalue weighted by Gasteiger charge is -2.09. The molecule has 0 saturated heterocycles. The third kappa shape index (κ3) is 5.92. The number of carbonyl (C=O) groups is 2. The molecule has 0 fully saturated rings. The number of carbonyl (C=O) groups excluding carboxylic acids is 2. The van der Waals surface area contributed by atoms with Crippen LogP contribution in [0, 0.1) is 12.7 Å². The number of aryl methyl sites for hydroxylation is 1. The van der Waals surface area contributed by atoms with E-state index in [0.717, 1.165) is 15.7 Å². The first-order valence-corrected chi connectivity index (χ1v) is 11.3. The number of anilines is 1.